The number of benzene rings is 1. The van der Waals surface area contributed by atoms with Crippen LogP contribution in [0.15, 0.2) is 42.6 Å². The van der Waals surface area contributed by atoms with Crippen molar-refractivity contribution in [1.29, 1.82) is 0 Å². The second kappa shape index (κ2) is 7.35. The number of likely N-dealkylation sites (tertiary alicyclic amines) is 1. The number of aryl methyl sites for hydroxylation is 1. The molecule has 0 saturated carbocycles. The summed E-state index contributed by atoms with van der Waals surface area (Å²) in [6, 6.07) is 11.8. The van der Waals surface area contributed by atoms with Gasteiger partial charge >= 0.3 is 0 Å². The molecule has 5 heteroatoms. The molecule has 0 radical (unpaired) electrons. The molecule has 0 aliphatic carbocycles. The summed E-state index contributed by atoms with van der Waals surface area (Å²) in [6.07, 6.45) is 5.00. The molecule has 0 bridgehead atoms. The second-order valence-electron chi connectivity index (χ2n) is 7.48. The first-order chi connectivity index (χ1) is 13.0. The zero-order valence-electron chi connectivity index (χ0n) is 15.8. The summed E-state index contributed by atoms with van der Waals surface area (Å²) in [6.45, 7) is 5.68. The van der Waals surface area contributed by atoms with Crippen molar-refractivity contribution in [3.8, 4) is 11.3 Å². The van der Waals surface area contributed by atoms with Gasteiger partial charge in [0.15, 0.2) is 0 Å². The Hall–Kier alpha value is -2.33. The van der Waals surface area contributed by atoms with Gasteiger partial charge < -0.3 is 9.30 Å². The Morgan fingerprint density at radius 1 is 1.19 bits per heavy atom. The van der Waals surface area contributed by atoms with Gasteiger partial charge in [0.2, 0.25) is 5.91 Å². The average molecular weight is 382 g/mol. The van der Waals surface area contributed by atoms with E-state index in [1.54, 1.807) is 0 Å². The molecule has 0 N–H and O–H groups in total. The molecule has 1 amide bonds. The van der Waals surface area contributed by atoms with Crippen LogP contribution in [-0.2, 0) is 11.3 Å². The van der Waals surface area contributed by atoms with Crippen molar-refractivity contribution in [3.63, 3.8) is 0 Å². The molecule has 140 valence electrons. The number of pyridine rings is 1. The maximum atomic E-state index is 12.6. The zero-order valence-corrected chi connectivity index (χ0v) is 16.5. The Kier molecular flexibility index (Phi) is 4.92. The Morgan fingerprint density at radius 3 is 2.70 bits per heavy atom. The predicted molar refractivity (Wildman–Crippen MR) is 109 cm³/mol. The molecule has 1 aliphatic heterocycles. The van der Waals surface area contributed by atoms with Gasteiger partial charge in [-0.1, -0.05) is 43.1 Å². The van der Waals surface area contributed by atoms with Gasteiger partial charge in [-0.15, -0.1) is 0 Å². The molecule has 4 rings (SSSR count). The highest BCUT2D eigenvalue weighted by molar-refractivity contribution is 6.30. The minimum atomic E-state index is 0.248. The van der Waals surface area contributed by atoms with Crippen LogP contribution in [0.1, 0.15) is 37.4 Å². The lowest BCUT2D eigenvalue weighted by atomic mass is 10.0. The molecule has 3 heterocycles. The number of amides is 1. The smallest absolute Gasteiger partial charge is 0.223 e. The topological polar surface area (TPSA) is 37.6 Å². The quantitative estimate of drug-likeness (QED) is 0.615. The lowest BCUT2D eigenvalue weighted by Gasteiger charge is -2.17. The van der Waals surface area contributed by atoms with E-state index in [1.165, 1.54) is 5.56 Å². The van der Waals surface area contributed by atoms with Crippen LogP contribution in [0.25, 0.3) is 16.9 Å². The number of rotatable bonds is 5. The number of nitrogens with zero attached hydrogens (tertiary/aromatic N) is 3. The van der Waals surface area contributed by atoms with E-state index >= 15 is 0 Å². The molecule has 4 nitrogen and oxygen atoms in total. The third-order valence-corrected chi connectivity index (χ3v) is 5.57. The molecule has 1 fully saturated rings. The average Bonchev–Trinajstić information content (AvgIpc) is 3.17. The summed E-state index contributed by atoms with van der Waals surface area (Å²) >= 11 is 6.06. The van der Waals surface area contributed by atoms with Gasteiger partial charge in [-0.3, -0.25) is 4.79 Å². The fraction of sp³-hybridized carbons (Fsp3) is 0.364. The van der Waals surface area contributed by atoms with E-state index in [4.69, 9.17) is 16.6 Å². The van der Waals surface area contributed by atoms with Crippen LogP contribution in [0.2, 0.25) is 5.02 Å². The summed E-state index contributed by atoms with van der Waals surface area (Å²) in [5.74, 6) is 0.723. The van der Waals surface area contributed by atoms with Crippen molar-refractivity contribution in [3.05, 3.63) is 58.9 Å². The van der Waals surface area contributed by atoms with Crippen molar-refractivity contribution in [2.45, 2.75) is 39.7 Å². The molecule has 1 saturated heterocycles. The summed E-state index contributed by atoms with van der Waals surface area (Å²) in [5, 5.41) is 0.706. The molecule has 1 unspecified atom stereocenters. The van der Waals surface area contributed by atoms with Crippen LogP contribution in [0.5, 0.6) is 0 Å². The number of halogens is 1. The van der Waals surface area contributed by atoms with E-state index in [0.717, 1.165) is 42.0 Å². The highest BCUT2D eigenvalue weighted by Gasteiger charge is 2.30. The minimum Gasteiger partial charge on any atom is -0.336 e. The zero-order chi connectivity index (χ0) is 19.0. The van der Waals surface area contributed by atoms with Gasteiger partial charge in [0, 0.05) is 29.7 Å². The van der Waals surface area contributed by atoms with Crippen LogP contribution in [-0.4, -0.2) is 26.7 Å². The highest BCUT2D eigenvalue weighted by Crippen LogP contribution is 2.30. The van der Waals surface area contributed by atoms with Gasteiger partial charge in [-0.25, -0.2) is 4.98 Å². The molecule has 1 aliphatic rings. The number of imidazole rings is 1. The Balaban J connectivity index is 1.75. The number of hydrogen-bond donors (Lipinski definition) is 0. The van der Waals surface area contributed by atoms with Crippen molar-refractivity contribution in [2.24, 2.45) is 5.92 Å². The van der Waals surface area contributed by atoms with E-state index in [0.29, 0.717) is 23.9 Å². The molecule has 2 aromatic heterocycles. The maximum Gasteiger partial charge on any atom is 0.223 e. The summed E-state index contributed by atoms with van der Waals surface area (Å²) in [4.78, 5) is 19.4. The summed E-state index contributed by atoms with van der Waals surface area (Å²) < 4.78 is 2.12. The fourth-order valence-electron chi connectivity index (χ4n) is 3.98. The lowest BCUT2D eigenvalue weighted by molar-refractivity contribution is -0.128. The van der Waals surface area contributed by atoms with Gasteiger partial charge in [-0.05, 0) is 43.0 Å². The van der Waals surface area contributed by atoms with Gasteiger partial charge in [0.1, 0.15) is 5.65 Å². The van der Waals surface area contributed by atoms with Crippen LogP contribution in [0.4, 0.5) is 0 Å². The van der Waals surface area contributed by atoms with Crippen molar-refractivity contribution in [2.75, 3.05) is 6.54 Å². The summed E-state index contributed by atoms with van der Waals surface area (Å²) in [5.41, 5.74) is 5.07. The number of fused-ring (bicyclic) bond motifs is 1. The number of aromatic nitrogens is 2. The molecule has 3 aromatic rings. The SMILES string of the molecule is CCCC1CC(=O)N(Cc2c(-c3ccc(Cl)cc3)nc3ccc(C)cn23)C1. The van der Waals surface area contributed by atoms with E-state index in [1.807, 2.05) is 35.2 Å². The number of carbonyl (C=O) groups excluding carboxylic acids is 1. The number of hydrogen-bond acceptors (Lipinski definition) is 2. The Bertz CT molecular complexity index is 977. The first-order valence-electron chi connectivity index (χ1n) is 9.56. The number of carbonyl (C=O) groups is 1. The third kappa shape index (κ3) is 3.59. The van der Waals surface area contributed by atoms with Crippen LogP contribution in [0.3, 0.4) is 0 Å². The molecule has 1 atom stereocenters. The Labute approximate surface area is 164 Å². The normalized spacial score (nSPS) is 17.2. The largest absolute Gasteiger partial charge is 0.336 e. The van der Waals surface area contributed by atoms with Crippen molar-refractivity contribution in [1.82, 2.24) is 14.3 Å². The molecular formula is C22H24ClN3O. The van der Waals surface area contributed by atoms with Crippen LogP contribution in [0, 0.1) is 12.8 Å². The third-order valence-electron chi connectivity index (χ3n) is 5.32. The molecule has 1 aromatic carbocycles. The minimum absolute atomic E-state index is 0.248. The van der Waals surface area contributed by atoms with E-state index < -0.39 is 0 Å². The van der Waals surface area contributed by atoms with Gasteiger partial charge in [0.25, 0.3) is 0 Å². The van der Waals surface area contributed by atoms with Gasteiger partial charge in [0.05, 0.1) is 17.9 Å². The Morgan fingerprint density at radius 2 is 1.96 bits per heavy atom. The van der Waals surface area contributed by atoms with Crippen LogP contribution < -0.4 is 0 Å². The van der Waals surface area contributed by atoms with Crippen molar-refractivity contribution >= 4 is 23.2 Å². The standard InChI is InChI=1S/C22H24ClN3O/c1-3-4-16-11-21(27)25(13-16)14-19-22(17-6-8-18(23)9-7-17)24-20-10-5-15(2)12-26(19)20/h5-10,12,16H,3-4,11,13-14H2,1-2H3. The molecular weight excluding hydrogens is 358 g/mol. The maximum absolute atomic E-state index is 12.6. The predicted octanol–water partition coefficient (Wildman–Crippen LogP) is 5.11. The van der Waals surface area contributed by atoms with Gasteiger partial charge in [-0.2, -0.15) is 0 Å². The van der Waals surface area contributed by atoms with E-state index in [9.17, 15) is 4.79 Å². The summed E-state index contributed by atoms with van der Waals surface area (Å²) in [7, 11) is 0. The second-order valence-corrected chi connectivity index (χ2v) is 7.92. The highest BCUT2D eigenvalue weighted by atomic mass is 35.5. The molecule has 27 heavy (non-hydrogen) atoms. The van der Waals surface area contributed by atoms with E-state index in [-0.39, 0.29) is 5.91 Å². The van der Waals surface area contributed by atoms with Crippen molar-refractivity contribution < 1.29 is 4.79 Å². The van der Waals surface area contributed by atoms with Crippen LogP contribution >= 0.6 is 11.6 Å². The van der Waals surface area contributed by atoms with E-state index in [2.05, 4.69) is 30.5 Å². The first kappa shape index (κ1) is 18.1. The fourth-order valence-corrected chi connectivity index (χ4v) is 4.10. The monoisotopic (exact) mass is 381 g/mol. The first-order valence-corrected chi connectivity index (χ1v) is 9.94. The lowest BCUT2D eigenvalue weighted by Crippen LogP contribution is -2.25. The molecule has 0 spiro atoms.